The van der Waals surface area contributed by atoms with Crippen LogP contribution in [-0.2, 0) is 23.8 Å². The van der Waals surface area contributed by atoms with Gasteiger partial charge in [0, 0.05) is 11.8 Å². The van der Waals surface area contributed by atoms with Crippen LogP contribution in [-0.4, -0.2) is 42.1 Å². The van der Waals surface area contributed by atoms with Gasteiger partial charge >= 0.3 is 17.9 Å². The summed E-state index contributed by atoms with van der Waals surface area (Å²) in [6.07, 6.45) is 2.72. The van der Waals surface area contributed by atoms with E-state index in [4.69, 9.17) is 14.2 Å². The normalized spacial score (nSPS) is 10.2. The summed E-state index contributed by atoms with van der Waals surface area (Å²) in [6, 6.07) is 6.21. The summed E-state index contributed by atoms with van der Waals surface area (Å²) in [6.45, 7) is 5.07. The zero-order chi connectivity index (χ0) is 20.7. The Morgan fingerprint density at radius 1 is 0.964 bits per heavy atom. The van der Waals surface area contributed by atoms with Crippen LogP contribution >= 0.6 is 0 Å². The van der Waals surface area contributed by atoms with E-state index in [0.717, 1.165) is 0 Å². The zero-order valence-electron chi connectivity index (χ0n) is 15.9. The van der Waals surface area contributed by atoms with Crippen LogP contribution in [0.4, 0.5) is 0 Å². The van der Waals surface area contributed by atoms with Crippen molar-refractivity contribution in [3.63, 3.8) is 0 Å². The average molecular weight is 387 g/mol. The molecule has 2 heterocycles. The van der Waals surface area contributed by atoms with Gasteiger partial charge in [-0.05, 0) is 45.0 Å². The molecule has 0 aliphatic heterocycles. The Morgan fingerprint density at radius 3 is 2.14 bits per heavy atom. The number of hydrogen-bond donors (Lipinski definition) is 0. The molecular weight excluding hydrogens is 366 g/mol. The molecule has 8 heteroatoms. The first-order valence-corrected chi connectivity index (χ1v) is 8.82. The monoisotopic (exact) mass is 387 g/mol. The predicted octanol–water partition coefficient (Wildman–Crippen LogP) is 1.99. The molecule has 0 bridgehead atoms. The van der Waals surface area contributed by atoms with Crippen LogP contribution in [0.25, 0.3) is 11.6 Å². The molecule has 2 aromatic rings. The highest BCUT2D eigenvalue weighted by Crippen LogP contribution is 2.17. The lowest BCUT2D eigenvalue weighted by Gasteiger charge is -2.10. The molecule has 0 N–H and O–H groups in total. The van der Waals surface area contributed by atoms with Crippen LogP contribution in [0.5, 0.6) is 0 Å². The zero-order valence-corrected chi connectivity index (χ0v) is 15.9. The van der Waals surface area contributed by atoms with E-state index in [1.165, 1.54) is 22.7 Å². The van der Waals surface area contributed by atoms with Gasteiger partial charge in [-0.3, -0.25) is 9.20 Å². The fourth-order valence-electron chi connectivity index (χ4n) is 2.52. The van der Waals surface area contributed by atoms with Gasteiger partial charge in [0.25, 0.3) is 5.56 Å². The molecule has 0 atom stereocenters. The number of carbonyl (C=O) groups excluding carboxylic acids is 3. The van der Waals surface area contributed by atoms with Gasteiger partial charge in [-0.2, -0.15) is 0 Å². The molecule has 0 radical (unpaired) electrons. The summed E-state index contributed by atoms with van der Waals surface area (Å²) in [5, 5.41) is 0. The van der Waals surface area contributed by atoms with E-state index in [1.807, 2.05) is 0 Å². The van der Waals surface area contributed by atoms with Crippen LogP contribution in [0.2, 0.25) is 0 Å². The second kappa shape index (κ2) is 9.50. The molecule has 0 aliphatic carbocycles. The van der Waals surface area contributed by atoms with Crippen LogP contribution in [0.1, 0.15) is 36.7 Å². The molecule has 2 aromatic heterocycles. The summed E-state index contributed by atoms with van der Waals surface area (Å²) >= 11 is 0. The van der Waals surface area contributed by atoms with Crippen LogP contribution in [0, 0.1) is 0 Å². The maximum absolute atomic E-state index is 12.6. The summed E-state index contributed by atoms with van der Waals surface area (Å²) in [7, 11) is 0. The van der Waals surface area contributed by atoms with Gasteiger partial charge < -0.3 is 14.2 Å². The standard InChI is InChI=1S/C20H21NO7/c1-4-26-18(23)14-11-13(16-9-7-8-10-21(16)17(14)22)12-15(19(24)27-5-2)20(25)28-6-3/h7-12H,4-6H2,1-3H3. The Morgan fingerprint density at radius 2 is 1.57 bits per heavy atom. The molecule has 0 saturated carbocycles. The van der Waals surface area contributed by atoms with Gasteiger partial charge in [-0.25, -0.2) is 14.4 Å². The molecule has 0 unspecified atom stereocenters. The highest BCUT2D eigenvalue weighted by molar-refractivity contribution is 6.18. The second-order valence-electron chi connectivity index (χ2n) is 5.49. The van der Waals surface area contributed by atoms with E-state index >= 15 is 0 Å². The number of esters is 3. The van der Waals surface area contributed by atoms with Crippen molar-refractivity contribution in [3.05, 3.63) is 57.5 Å². The molecule has 2 rings (SSSR count). The molecule has 0 saturated heterocycles. The van der Waals surface area contributed by atoms with Crippen molar-refractivity contribution in [1.82, 2.24) is 4.40 Å². The van der Waals surface area contributed by atoms with Crippen LogP contribution in [0.15, 0.2) is 40.8 Å². The van der Waals surface area contributed by atoms with E-state index in [-0.39, 0.29) is 31.0 Å². The van der Waals surface area contributed by atoms with E-state index in [0.29, 0.717) is 11.1 Å². The Hall–Kier alpha value is -3.42. The van der Waals surface area contributed by atoms with Crippen molar-refractivity contribution in [2.24, 2.45) is 0 Å². The molecule has 148 valence electrons. The van der Waals surface area contributed by atoms with E-state index in [9.17, 15) is 19.2 Å². The molecule has 0 spiro atoms. The number of fused-ring (bicyclic) bond motifs is 1. The second-order valence-corrected chi connectivity index (χ2v) is 5.49. The van der Waals surface area contributed by atoms with Crippen LogP contribution in [0.3, 0.4) is 0 Å². The van der Waals surface area contributed by atoms with Gasteiger partial charge in [-0.15, -0.1) is 0 Å². The number of aromatic nitrogens is 1. The van der Waals surface area contributed by atoms with Gasteiger partial charge in [0.1, 0.15) is 11.1 Å². The van der Waals surface area contributed by atoms with Crippen molar-refractivity contribution >= 4 is 29.5 Å². The lowest BCUT2D eigenvalue weighted by atomic mass is 10.1. The number of hydrogen-bond acceptors (Lipinski definition) is 7. The molecule has 0 aromatic carbocycles. The summed E-state index contributed by atoms with van der Waals surface area (Å²) in [4.78, 5) is 49.3. The first-order valence-electron chi connectivity index (χ1n) is 8.82. The lowest BCUT2D eigenvalue weighted by molar-refractivity contribution is -0.146. The highest BCUT2D eigenvalue weighted by atomic mass is 16.6. The third kappa shape index (κ3) is 4.46. The maximum Gasteiger partial charge on any atom is 0.345 e. The fraction of sp³-hybridized carbons (Fsp3) is 0.300. The van der Waals surface area contributed by atoms with Crippen molar-refractivity contribution in [2.45, 2.75) is 20.8 Å². The van der Waals surface area contributed by atoms with Crippen molar-refractivity contribution < 1.29 is 28.6 Å². The summed E-state index contributed by atoms with van der Waals surface area (Å²) in [5.41, 5.74) is -0.446. The topological polar surface area (TPSA) is 100 Å². The van der Waals surface area contributed by atoms with Crippen LogP contribution < -0.4 is 5.56 Å². The number of pyridine rings is 2. The van der Waals surface area contributed by atoms with Gasteiger partial charge in [0.2, 0.25) is 0 Å². The molecule has 8 nitrogen and oxygen atoms in total. The Kier molecular flexibility index (Phi) is 7.08. The number of nitrogens with zero attached hydrogens (tertiary/aromatic N) is 1. The Labute approximate surface area is 161 Å². The van der Waals surface area contributed by atoms with Crippen molar-refractivity contribution in [3.8, 4) is 0 Å². The summed E-state index contributed by atoms with van der Waals surface area (Å²) < 4.78 is 16.0. The minimum absolute atomic E-state index is 0.0681. The van der Waals surface area contributed by atoms with Gasteiger partial charge in [0.15, 0.2) is 0 Å². The lowest BCUT2D eigenvalue weighted by Crippen LogP contribution is -2.24. The smallest absolute Gasteiger partial charge is 0.345 e. The minimum Gasteiger partial charge on any atom is -0.462 e. The number of rotatable bonds is 7. The third-order valence-corrected chi connectivity index (χ3v) is 3.69. The average Bonchev–Trinajstić information content (AvgIpc) is 2.68. The molecular formula is C20H21NO7. The van der Waals surface area contributed by atoms with Crippen molar-refractivity contribution in [2.75, 3.05) is 19.8 Å². The maximum atomic E-state index is 12.6. The minimum atomic E-state index is -0.862. The molecule has 0 aliphatic rings. The molecule has 28 heavy (non-hydrogen) atoms. The third-order valence-electron chi connectivity index (χ3n) is 3.69. The van der Waals surface area contributed by atoms with Gasteiger partial charge in [-0.1, -0.05) is 6.07 Å². The summed E-state index contributed by atoms with van der Waals surface area (Å²) in [5.74, 6) is -2.52. The Balaban J connectivity index is 2.75. The SMILES string of the molecule is CCOC(=O)C(=Cc1cc(C(=O)OCC)c(=O)n2ccccc12)C(=O)OCC. The van der Waals surface area contributed by atoms with Crippen molar-refractivity contribution in [1.29, 1.82) is 0 Å². The number of carbonyl (C=O) groups is 3. The molecule has 0 fully saturated rings. The van der Waals surface area contributed by atoms with Gasteiger partial charge in [0.05, 0.1) is 25.3 Å². The first-order chi connectivity index (χ1) is 13.4. The molecule has 0 amide bonds. The fourth-order valence-corrected chi connectivity index (χ4v) is 2.52. The van der Waals surface area contributed by atoms with E-state index in [2.05, 4.69) is 0 Å². The quantitative estimate of drug-likeness (QED) is 0.235. The van der Waals surface area contributed by atoms with E-state index in [1.54, 1.807) is 39.0 Å². The highest BCUT2D eigenvalue weighted by Gasteiger charge is 2.23. The van der Waals surface area contributed by atoms with E-state index < -0.39 is 23.5 Å². The first kappa shape index (κ1) is 20.9. The predicted molar refractivity (Wildman–Crippen MR) is 101 cm³/mol. The Bertz CT molecular complexity index is 968. The largest absolute Gasteiger partial charge is 0.462 e. The number of ether oxygens (including phenoxy) is 3.